The van der Waals surface area contributed by atoms with Crippen molar-refractivity contribution < 1.29 is 19.8 Å². The Morgan fingerprint density at radius 3 is 2.27 bits per heavy atom. The first-order valence-corrected chi connectivity index (χ1v) is 7.66. The SMILES string of the molecule is CCc1cc(CC(=O)O)ccc1Sc1ccc(C(=O)O)cc1. The highest BCUT2D eigenvalue weighted by Crippen LogP contribution is 2.31. The molecule has 0 unspecified atom stereocenters. The summed E-state index contributed by atoms with van der Waals surface area (Å²) in [4.78, 5) is 23.6. The minimum Gasteiger partial charge on any atom is -0.481 e. The van der Waals surface area contributed by atoms with Crippen LogP contribution in [-0.4, -0.2) is 22.2 Å². The molecule has 5 heteroatoms. The van der Waals surface area contributed by atoms with E-state index in [2.05, 4.69) is 0 Å². The number of hydrogen-bond acceptors (Lipinski definition) is 3. The van der Waals surface area contributed by atoms with E-state index in [0.29, 0.717) is 0 Å². The maximum Gasteiger partial charge on any atom is 0.335 e. The molecule has 2 aromatic carbocycles. The summed E-state index contributed by atoms with van der Waals surface area (Å²) in [5.41, 5.74) is 2.14. The fourth-order valence-electron chi connectivity index (χ4n) is 2.09. The molecule has 0 aliphatic carbocycles. The molecular weight excluding hydrogens is 300 g/mol. The average molecular weight is 316 g/mol. The predicted octanol–water partition coefficient (Wildman–Crippen LogP) is 3.73. The zero-order valence-corrected chi connectivity index (χ0v) is 12.9. The molecule has 22 heavy (non-hydrogen) atoms. The molecule has 2 rings (SSSR count). The maximum atomic E-state index is 10.8. The lowest BCUT2D eigenvalue weighted by Gasteiger charge is -2.10. The molecule has 0 atom stereocenters. The van der Waals surface area contributed by atoms with Gasteiger partial charge in [0.05, 0.1) is 12.0 Å². The number of carboxylic acid groups (broad SMARTS) is 2. The number of carboxylic acids is 2. The van der Waals surface area contributed by atoms with Gasteiger partial charge in [0, 0.05) is 9.79 Å². The van der Waals surface area contributed by atoms with Crippen LogP contribution < -0.4 is 0 Å². The third-order valence-corrected chi connectivity index (χ3v) is 4.32. The van der Waals surface area contributed by atoms with Gasteiger partial charge in [-0.25, -0.2) is 4.79 Å². The van der Waals surface area contributed by atoms with E-state index in [1.54, 1.807) is 36.0 Å². The second-order valence-corrected chi connectivity index (χ2v) is 5.91. The fourth-order valence-corrected chi connectivity index (χ4v) is 3.08. The van der Waals surface area contributed by atoms with Gasteiger partial charge in [-0.05, 0) is 47.9 Å². The molecule has 0 radical (unpaired) electrons. The predicted molar refractivity (Wildman–Crippen MR) is 84.7 cm³/mol. The molecule has 0 bridgehead atoms. The van der Waals surface area contributed by atoms with E-state index in [0.717, 1.165) is 27.3 Å². The Labute approximate surface area is 132 Å². The van der Waals surface area contributed by atoms with E-state index in [1.165, 1.54) is 0 Å². The molecule has 0 aromatic heterocycles. The largest absolute Gasteiger partial charge is 0.481 e. The number of carbonyl (C=O) groups is 2. The van der Waals surface area contributed by atoms with Crippen molar-refractivity contribution in [1.82, 2.24) is 0 Å². The highest BCUT2D eigenvalue weighted by molar-refractivity contribution is 7.99. The summed E-state index contributed by atoms with van der Waals surface area (Å²) in [6.45, 7) is 2.03. The average Bonchev–Trinajstić information content (AvgIpc) is 2.48. The quantitative estimate of drug-likeness (QED) is 0.849. The van der Waals surface area contributed by atoms with Crippen molar-refractivity contribution >= 4 is 23.7 Å². The van der Waals surface area contributed by atoms with Crippen LogP contribution in [0.4, 0.5) is 0 Å². The van der Waals surface area contributed by atoms with Gasteiger partial charge >= 0.3 is 11.9 Å². The van der Waals surface area contributed by atoms with Crippen LogP contribution in [0.1, 0.15) is 28.4 Å². The summed E-state index contributed by atoms with van der Waals surface area (Å²) in [5, 5.41) is 17.7. The van der Waals surface area contributed by atoms with Crippen molar-refractivity contribution in [2.45, 2.75) is 29.6 Å². The van der Waals surface area contributed by atoms with Crippen molar-refractivity contribution in [3.63, 3.8) is 0 Å². The molecule has 0 amide bonds. The lowest BCUT2D eigenvalue weighted by atomic mass is 10.1. The number of rotatable bonds is 6. The summed E-state index contributed by atoms with van der Waals surface area (Å²) in [7, 11) is 0. The first-order valence-electron chi connectivity index (χ1n) is 6.84. The van der Waals surface area contributed by atoms with Crippen molar-refractivity contribution in [3.05, 3.63) is 59.2 Å². The molecular formula is C17H16O4S. The monoisotopic (exact) mass is 316 g/mol. The van der Waals surface area contributed by atoms with Crippen LogP contribution in [-0.2, 0) is 17.6 Å². The van der Waals surface area contributed by atoms with E-state index in [-0.39, 0.29) is 12.0 Å². The smallest absolute Gasteiger partial charge is 0.335 e. The molecule has 0 fully saturated rings. The Hall–Kier alpha value is -2.27. The summed E-state index contributed by atoms with van der Waals surface area (Å²) in [6, 6.07) is 12.4. The second-order valence-electron chi connectivity index (χ2n) is 4.80. The van der Waals surface area contributed by atoms with Gasteiger partial charge in [-0.2, -0.15) is 0 Å². The van der Waals surface area contributed by atoms with E-state index >= 15 is 0 Å². The van der Waals surface area contributed by atoms with Crippen LogP contribution in [0.5, 0.6) is 0 Å². The molecule has 0 spiro atoms. The topological polar surface area (TPSA) is 74.6 Å². The van der Waals surface area contributed by atoms with Crippen LogP contribution in [0.2, 0.25) is 0 Å². The number of benzene rings is 2. The molecule has 4 nitrogen and oxygen atoms in total. The van der Waals surface area contributed by atoms with Gasteiger partial charge in [0.2, 0.25) is 0 Å². The lowest BCUT2D eigenvalue weighted by Crippen LogP contribution is -2.01. The van der Waals surface area contributed by atoms with Gasteiger partial charge in [-0.3, -0.25) is 4.79 Å². The molecule has 114 valence electrons. The third kappa shape index (κ3) is 4.11. The summed E-state index contributed by atoms with van der Waals surface area (Å²) in [6.07, 6.45) is 0.828. The van der Waals surface area contributed by atoms with Gasteiger partial charge in [0.25, 0.3) is 0 Å². The Kier molecular flexibility index (Phi) is 5.22. The lowest BCUT2D eigenvalue weighted by molar-refractivity contribution is -0.136. The van der Waals surface area contributed by atoms with Crippen LogP contribution in [0.15, 0.2) is 52.3 Å². The van der Waals surface area contributed by atoms with Crippen molar-refractivity contribution in [1.29, 1.82) is 0 Å². The second kappa shape index (κ2) is 7.13. The molecule has 0 aliphatic heterocycles. The molecule has 0 saturated carbocycles. The molecule has 0 aliphatic rings. The first-order chi connectivity index (χ1) is 10.5. The van der Waals surface area contributed by atoms with Crippen LogP contribution in [0, 0.1) is 0 Å². The van der Waals surface area contributed by atoms with Gasteiger partial charge in [0.1, 0.15) is 0 Å². The van der Waals surface area contributed by atoms with Crippen LogP contribution in [0.25, 0.3) is 0 Å². The van der Waals surface area contributed by atoms with E-state index in [4.69, 9.17) is 10.2 Å². The van der Waals surface area contributed by atoms with Crippen LogP contribution in [0.3, 0.4) is 0 Å². The van der Waals surface area contributed by atoms with E-state index < -0.39 is 11.9 Å². The third-order valence-electron chi connectivity index (χ3n) is 3.19. The van der Waals surface area contributed by atoms with Crippen molar-refractivity contribution in [2.75, 3.05) is 0 Å². The summed E-state index contributed by atoms with van der Waals surface area (Å²) >= 11 is 1.55. The summed E-state index contributed by atoms with van der Waals surface area (Å²) in [5.74, 6) is -1.78. The van der Waals surface area contributed by atoms with Gasteiger partial charge in [-0.15, -0.1) is 0 Å². The number of aryl methyl sites for hydroxylation is 1. The van der Waals surface area contributed by atoms with E-state index in [1.807, 2.05) is 25.1 Å². The van der Waals surface area contributed by atoms with E-state index in [9.17, 15) is 9.59 Å². The van der Waals surface area contributed by atoms with Gasteiger partial charge in [-0.1, -0.05) is 30.8 Å². The van der Waals surface area contributed by atoms with Crippen molar-refractivity contribution in [2.24, 2.45) is 0 Å². The highest BCUT2D eigenvalue weighted by atomic mass is 32.2. The zero-order valence-electron chi connectivity index (χ0n) is 12.1. The Morgan fingerprint density at radius 1 is 1.05 bits per heavy atom. The number of aliphatic carboxylic acids is 1. The highest BCUT2D eigenvalue weighted by Gasteiger charge is 2.08. The Bertz CT molecular complexity index is 692. The van der Waals surface area contributed by atoms with Gasteiger partial charge < -0.3 is 10.2 Å². The standard InChI is InChI=1S/C17H16O4S/c1-2-12-9-11(10-16(18)19)3-8-15(12)22-14-6-4-13(5-7-14)17(20)21/h3-9H,2,10H2,1H3,(H,18,19)(H,20,21). The fraction of sp³-hybridized carbons (Fsp3) is 0.176. The first kappa shape index (κ1) is 16.1. The zero-order chi connectivity index (χ0) is 16.1. The van der Waals surface area contributed by atoms with Crippen LogP contribution >= 0.6 is 11.8 Å². The minimum atomic E-state index is -0.941. The summed E-state index contributed by atoms with van der Waals surface area (Å²) < 4.78 is 0. The Balaban J connectivity index is 2.21. The maximum absolute atomic E-state index is 10.8. The minimum absolute atomic E-state index is 0.0191. The molecule has 0 heterocycles. The molecule has 2 aromatic rings. The van der Waals surface area contributed by atoms with Gasteiger partial charge in [0.15, 0.2) is 0 Å². The number of hydrogen-bond donors (Lipinski definition) is 2. The Morgan fingerprint density at radius 2 is 1.73 bits per heavy atom. The van der Waals surface area contributed by atoms with Crippen molar-refractivity contribution in [3.8, 4) is 0 Å². The normalized spacial score (nSPS) is 10.4. The molecule has 0 saturated heterocycles. The molecule has 2 N–H and O–H groups in total. The number of aromatic carboxylic acids is 1.